The smallest absolute Gasteiger partial charge is 0.319 e. The maximum Gasteiger partial charge on any atom is 0.319 e. The predicted molar refractivity (Wildman–Crippen MR) is 64.3 cm³/mol. The molecule has 0 aliphatic carbocycles. The highest BCUT2D eigenvalue weighted by atomic mass is 32.1. The van der Waals surface area contributed by atoms with Gasteiger partial charge in [0.05, 0.1) is 12.2 Å². The Balaban J connectivity index is 3.65. The lowest BCUT2D eigenvalue weighted by molar-refractivity contribution is -0.146. The molecule has 1 atom stereocenters. The van der Waals surface area contributed by atoms with Gasteiger partial charge in [0.25, 0.3) is 0 Å². The molecule has 1 unspecified atom stereocenters. The average Bonchev–Trinajstić information content (AvgIpc) is 2.09. The highest BCUT2D eigenvalue weighted by Crippen LogP contribution is 2.11. The quantitative estimate of drug-likeness (QED) is 0.450. The second kappa shape index (κ2) is 6.38. The van der Waals surface area contributed by atoms with E-state index in [1.807, 2.05) is 34.6 Å². The van der Waals surface area contributed by atoms with E-state index in [2.05, 4.69) is 12.6 Å². The van der Waals surface area contributed by atoms with Crippen molar-refractivity contribution in [3.05, 3.63) is 0 Å². The van der Waals surface area contributed by atoms with Crippen LogP contribution in [0.25, 0.3) is 0 Å². The van der Waals surface area contributed by atoms with Crippen molar-refractivity contribution in [2.75, 3.05) is 13.2 Å². The van der Waals surface area contributed by atoms with Crippen LogP contribution in [-0.2, 0) is 14.3 Å². The molecule has 0 amide bonds. The molecule has 0 aliphatic rings. The van der Waals surface area contributed by atoms with Gasteiger partial charge in [-0.2, -0.15) is 12.6 Å². The standard InChI is InChI=1S/C11H22O3S/c1-8(2)9(15)10(12)13-6-7-14-11(3,4)5/h8-9,15H,6-7H2,1-5H3. The number of hydrogen-bond acceptors (Lipinski definition) is 4. The van der Waals surface area contributed by atoms with Gasteiger partial charge in [0.2, 0.25) is 0 Å². The summed E-state index contributed by atoms with van der Waals surface area (Å²) in [5, 5.41) is -0.348. The van der Waals surface area contributed by atoms with Gasteiger partial charge in [-0.3, -0.25) is 4.79 Å². The van der Waals surface area contributed by atoms with Crippen LogP contribution in [0.1, 0.15) is 34.6 Å². The van der Waals surface area contributed by atoms with E-state index in [9.17, 15) is 4.79 Å². The molecule has 4 heteroatoms. The first kappa shape index (κ1) is 14.8. The Labute approximate surface area is 97.9 Å². The molecule has 0 aromatic carbocycles. The van der Waals surface area contributed by atoms with Crippen molar-refractivity contribution in [2.24, 2.45) is 5.92 Å². The van der Waals surface area contributed by atoms with E-state index in [0.717, 1.165) is 0 Å². The SMILES string of the molecule is CC(C)C(S)C(=O)OCCOC(C)(C)C. The third-order valence-electron chi connectivity index (χ3n) is 1.74. The first-order chi connectivity index (χ1) is 6.74. The fourth-order valence-electron chi connectivity index (χ4n) is 0.848. The Hall–Kier alpha value is -0.220. The summed E-state index contributed by atoms with van der Waals surface area (Å²) in [5.41, 5.74) is -0.190. The maximum absolute atomic E-state index is 11.4. The molecule has 0 bridgehead atoms. The van der Waals surface area contributed by atoms with Crippen LogP contribution in [0, 0.1) is 5.92 Å². The Morgan fingerprint density at radius 1 is 1.27 bits per heavy atom. The van der Waals surface area contributed by atoms with Crippen molar-refractivity contribution in [2.45, 2.75) is 45.5 Å². The van der Waals surface area contributed by atoms with Gasteiger partial charge >= 0.3 is 5.97 Å². The Morgan fingerprint density at radius 3 is 2.20 bits per heavy atom. The van der Waals surface area contributed by atoms with Crippen LogP contribution in [-0.4, -0.2) is 30.0 Å². The topological polar surface area (TPSA) is 35.5 Å². The van der Waals surface area contributed by atoms with Gasteiger partial charge in [-0.1, -0.05) is 13.8 Å². The van der Waals surface area contributed by atoms with Gasteiger partial charge in [-0.15, -0.1) is 0 Å². The molecule has 90 valence electrons. The van der Waals surface area contributed by atoms with Crippen LogP contribution in [0.15, 0.2) is 0 Å². The number of thiol groups is 1. The summed E-state index contributed by atoms with van der Waals surface area (Å²) in [6.45, 7) is 10.5. The van der Waals surface area contributed by atoms with Crippen LogP contribution in [0.5, 0.6) is 0 Å². The lowest BCUT2D eigenvalue weighted by atomic mass is 10.1. The third-order valence-corrected chi connectivity index (χ3v) is 2.54. The van der Waals surface area contributed by atoms with E-state index >= 15 is 0 Å². The fourth-order valence-corrected chi connectivity index (χ4v) is 0.922. The van der Waals surface area contributed by atoms with Crippen molar-refractivity contribution in [3.63, 3.8) is 0 Å². The molecule has 0 radical (unpaired) electrons. The van der Waals surface area contributed by atoms with Crippen LogP contribution in [0.3, 0.4) is 0 Å². The normalized spacial score (nSPS) is 14.1. The Kier molecular flexibility index (Phi) is 6.29. The summed E-state index contributed by atoms with van der Waals surface area (Å²) < 4.78 is 10.4. The largest absolute Gasteiger partial charge is 0.462 e. The average molecular weight is 234 g/mol. The Morgan fingerprint density at radius 2 is 1.80 bits per heavy atom. The molecular formula is C11H22O3S. The number of carbonyl (C=O) groups is 1. The molecule has 15 heavy (non-hydrogen) atoms. The van der Waals surface area contributed by atoms with Crippen molar-refractivity contribution in [3.8, 4) is 0 Å². The molecule has 0 aromatic rings. The van der Waals surface area contributed by atoms with Gasteiger partial charge in [0.15, 0.2) is 0 Å². The number of ether oxygens (including phenoxy) is 2. The monoisotopic (exact) mass is 234 g/mol. The number of carbonyl (C=O) groups excluding carboxylic acids is 1. The van der Waals surface area contributed by atoms with Crippen LogP contribution in [0.4, 0.5) is 0 Å². The maximum atomic E-state index is 11.4. The van der Waals surface area contributed by atoms with Crippen molar-refractivity contribution >= 4 is 18.6 Å². The second-order valence-electron chi connectivity index (χ2n) is 4.82. The lowest BCUT2D eigenvalue weighted by Gasteiger charge is -2.20. The molecule has 0 N–H and O–H groups in total. The molecule has 0 rings (SSSR count). The minimum Gasteiger partial charge on any atom is -0.462 e. The molecule has 3 nitrogen and oxygen atoms in total. The fraction of sp³-hybridized carbons (Fsp3) is 0.909. The van der Waals surface area contributed by atoms with Crippen molar-refractivity contribution < 1.29 is 14.3 Å². The summed E-state index contributed by atoms with van der Waals surface area (Å²) in [5.74, 6) is -0.0878. The third kappa shape index (κ3) is 7.68. The zero-order valence-electron chi connectivity index (χ0n) is 10.2. The lowest BCUT2D eigenvalue weighted by Crippen LogP contribution is -2.27. The molecule has 0 heterocycles. The summed E-state index contributed by atoms with van der Waals surface area (Å²) in [6.07, 6.45) is 0. The molecule has 0 aliphatic heterocycles. The summed E-state index contributed by atoms with van der Waals surface area (Å²) in [4.78, 5) is 11.4. The van der Waals surface area contributed by atoms with Crippen molar-refractivity contribution in [1.29, 1.82) is 0 Å². The molecule has 0 saturated heterocycles. The summed E-state index contributed by atoms with van der Waals surface area (Å²) in [7, 11) is 0. The Bertz CT molecular complexity index is 196. The number of hydrogen-bond donors (Lipinski definition) is 1. The van der Waals surface area contributed by atoms with Crippen LogP contribution >= 0.6 is 12.6 Å². The van der Waals surface area contributed by atoms with E-state index in [4.69, 9.17) is 9.47 Å². The molecule has 0 saturated carbocycles. The van der Waals surface area contributed by atoms with Gasteiger partial charge in [0, 0.05) is 0 Å². The molecule has 0 fully saturated rings. The molecular weight excluding hydrogens is 212 g/mol. The zero-order chi connectivity index (χ0) is 12.1. The van der Waals surface area contributed by atoms with E-state index < -0.39 is 0 Å². The zero-order valence-corrected chi connectivity index (χ0v) is 11.1. The van der Waals surface area contributed by atoms with Crippen molar-refractivity contribution in [1.82, 2.24) is 0 Å². The van der Waals surface area contributed by atoms with Crippen LogP contribution in [0.2, 0.25) is 0 Å². The highest BCUT2D eigenvalue weighted by Gasteiger charge is 2.19. The van der Waals surface area contributed by atoms with Gasteiger partial charge in [-0.25, -0.2) is 0 Å². The summed E-state index contributed by atoms with van der Waals surface area (Å²) in [6, 6.07) is 0. The van der Waals surface area contributed by atoms with E-state index in [0.29, 0.717) is 13.2 Å². The highest BCUT2D eigenvalue weighted by molar-refractivity contribution is 7.81. The van der Waals surface area contributed by atoms with Gasteiger partial charge < -0.3 is 9.47 Å². The summed E-state index contributed by atoms with van der Waals surface area (Å²) >= 11 is 4.16. The second-order valence-corrected chi connectivity index (χ2v) is 5.37. The molecule has 0 aromatic heterocycles. The van der Waals surface area contributed by atoms with E-state index in [1.54, 1.807) is 0 Å². The number of rotatable bonds is 5. The van der Waals surface area contributed by atoms with E-state index in [1.165, 1.54) is 0 Å². The van der Waals surface area contributed by atoms with E-state index in [-0.39, 0.29) is 22.7 Å². The minimum atomic E-state index is -0.348. The van der Waals surface area contributed by atoms with Crippen LogP contribution < -0.4 is 0 Å². The number of esters is 1. The minimum absolute atomic E-state index is 0.185. The van der Waals surface area contributed by atoms with Gasteiger partial charge in [-0.05, 0) is 26.7 Å². The predicted octanol–water partition coefficient (Wildman–Crippen LogP) is 2.30. The first-order valence-corrected chi connectivity index (χ1v) is 5.74. The molecule has 0 spiro atoms. The first-order valence-electron chi connectivity index (χ1n) is 5.22. The van der Waals surface area contributed by atoms with Gasteiger partial charge in [0.1, 0.15) is 11.9 Å².